The van der Waals surface area contributed by atoms with Crippen molar-refractivity contribution in [2.24, 2.45) is 0 Å². The van der Waals surface area contributed by atoms with E-state index in [0.29, 0.717) is 24.6 Å². The average Bonchev–Trinajstić information content (AvgIpc) is 2.47. The molecule has 8 nitrogen and oxygen atoms in total. The number of carbonyl (C=O) groups excluding carboxylic acids is 3. The van der Waals surface area contributed by atoms with Crippen LogP contribution in [0.3, 0.4) is 0 Å². The van der Waals surface area contributed by atoms with Crippen molar-refractivity contribution >= 4 is 45.3 Å². The largest absolute Gasteiger partial charge is 0.481 e. The molecule has 0 aromatic carbocycles. The Morgan fingerprint density at radius 1 is 0.957 bits per heavy atom. The summed E-state index contributed by atoms with van der Waals surface area (Å²) in [6.07, 6.45) is -0.167. The Morgan fingerprint density at radius 3 is 1.96 bits per heavy atom. The molecule has 0 aliphatic heterocycles. The molecule has 3 N–H and O–H groups in total. The summed E-state index contributed by atoms with van der Waals surface area (Å²) in [6.45, 7) is 2.44. The second-order valence-electron chi connectivity index (χ2n) is 4.61. The molecule has 0 saturated heterocycles. The molecule has 132 valence electrons. The van der Waals surface area contributed by atoms with Crippen LogP contribution in [0.15, 0.2) is 0 Å². The first kappa shape index (κ1) is 21.6. The molecule has 0 fully saturated rings. The Bertz CT molecular complexity index is 420. The van der Waals surface area contributed by atoms with Crippen LogP contribution in [0, 0.1) is 0 Å². The van der Waals surface area contributed by atoms with Gasteiger partial charge in [0.2, 0.25) is 17.7 Å². The third-order valence-corrected chi connectivity index (χ3v) is 4.99. The van der Waals surface area contributed by atoms with Crippen molar-refractivity contribution in [2.75, 3.05) is 38.2 Å². The summed E-state index contributed by atoms with van der Waals surface area (Å²) in [6, 6.07) is 0. The molecule has 10 heteroatoms. The van der Waals surface area contributed by atoms with E-state index in [1.807, 2.05) is 0 Å². The number of rotatable bonds is 12. The second kappa shape index (κ2) is 13.1. The van der Waals surface area contributed by atoms with Gasteiger partial charge in [-0.2, -0.15) is 0 Å². The Hall–Kier alpha value is -1.42. The molecule has 0 bridgehead atoms. The van der Waals surface area contributed by atoms with Crippen molar-refractivity contribution in [1.29, 1.82) is 0 Å². The summed E-state index contributed by atoms with van der Waals surface area (Å²) < 4.78 is 0. The van der Waals surface area contributed by atoms with Crippen LogP contribution in [0.2, 0.25) is 0 Å². The predicted octanol–water partition coefficient (Wildman–Crippen LogP) is -0.0567. The van der Waals surface area contributed by atoms with E-state index in [2.05, 4.69) is 10.6 Å². The molecule has 0 aromatic heterocycles. The Balaban J connectivity index is 3.43. The number of nitrogens with zero attached hydrogens (tertiary/aromatic N) is 1. The maximum absolute atomic E-state index is 11.5. The Kier molecular flexibility index (Phi) is 12.3. The number of hydrogen-bond donors (Lipinski definition) is 3. The zero-order valence-electron chi connectivity index (χ0n) is 13.3. The average molecular weight is 365 g/mol. The first-order valence-electron chi connectivity index (χ1n) is 7.04. The van der Waals surface area contributed by atoms with E-state index in [1.165, 1.54) is 11.8 Å². The van der Waals surface area contributed by atoms with E-state index < -0.39 is 5.97 Å². The van der Waals surface area contributed by atoms with Gasteiger partial charge in [-0.25, -0.2) is 0 Å². The maximum atomic E-state index is 11.5. The summed E-state index contributed by atoms with van der Waals surface area (Å²) in [5.74, 6) is -0.187. The summed E-state index contributed by atoms with van der Waals surface area (Å²) in [5.41, 5.74) is 0. The minimum Gasteiger partial charge on any atom is -0.481 e. The normalized spacial score (nSPS) is 10.0. The van der Waals surface area contributed by atoms with Gasteiger partial charge in [0.15, 0.2) is 0 Å². The van der Waals surface area contributed by atoms with Gasteiger partial charge in [0.05, 0.1) is 13.0 Å². The fourth-order valence-electron chi connectivity index (χ4n) is 1.27. The first-order chi connectivity index (χ1) is 10.8. The Morgan fingerprint density at radius 2 is 1.48 bits per heavy atom. The predicted molar refractivity (Wildman–Crippen MR) is 91.1 cm³/mol. The van der Waals surface area contributed by atoms with Crippen LogP contribution in [0.4, 0.5) is 0 Å². The van der Waals surface area contributed by atoms with E-state index in [9.17, 15) is 19.2 Å². The molecular weight excluding hydrogens is 342 g/mol. The number of carboxylic acid groups (broad SMARTS) is 1. The van der Waals surface area contributed by atoms with Gasteiger partial charge in [0.25, 0.3) is 0 Å². The summed E-state index contributed by atoms with van der Waals surface area (Å²) in [7, 11) is 4.69. The van der Waals surface area contributed by atoms with Crippen LogP contribution in [0.25, 0.3) is 0 Å². The zero-order chi connectivity index (χ0) is 17.7. The highest BCUT2D eigenvalue weighted by Gasteiger charge is 2.08. The molecule has 0 aliphatic carbocycles. The molecule has 0 aromatic rings. The lowest BCUT2D eigenvalue weighted by Gasteiger charge is -2.14. The van der Waals surface area contributed by atoms with Gasteiger partial charge in [-0.05, 0) is 0 Å². The summed E-state index contributed by atoms with van der Waals surface area (Å²) >= 11 is 0. The van der Waals surface area contributed by atoms with Crippen LogP contribution < -0.4 is 10.6 Å². The van der Waals surface area contributed by atoms with Gasteiger partial charge < -0.3 is 20.6 Å². The van der Waals surface area contributed by atoms with Crippen molar-refractivity contribution in [2.45, 2.75) is 19.8 Å². The number of carbonyl (C=O) groups is 4. The minimum atomic E-state index is -0.985. The van der Waals surface area contributed by atoms with Crippen LogP contribution in [-0.4, -0.2) is 71.9 Å². The topological polar surface area (TPSA) is 116 Å². The van der Waals surface area contributed by atoms with Crippen LogP contribution in [0.5, 0.6) is 0 Å². The van der Waals surface area contributed by atoms with Crippen molar-refractivity contribution in [3.63, 3.8) is 0 Å². The minimum absolute atomic E-state index is 0.00607. The van der Waals surface area contributed by atoms with E-state index in [1.54, 1.807) is 28.6 Å². The quantitative estimate of drug-likeness (QED) is 0.328. The van der Waals surface area contributed by atoms with Crippen molar-refractivity contribution in [3.8, 4) is 0 Å². The summed E-state index contributed by atoms with van der Waals surface area (Å²) in [4.78, 5) is 45.3. The number of aliphatic carboxylic acids is 1. The van der Waals surface area contributed by atoms with Crippen LogP contribution in [-0.2, 0) is 19.2 Å². The maximum Gasteiger partial charge on any atom is 0.303 e. The second-order valence-corrected chi connectivity index (χ2v) is 7.31. The van der Waals surface area contributed by atoms with Gasteiger partial charge in [-0.1, -0.05) is 21.6 Å². The van der Waals surface area contributed by atoms with Crippen molar-refractivity contribution in [1.82, 2.24) is 15.5 Å². The van der Waals surface area contributed by atoms with Crippen molar-refractivity contribution in [3.05, 3.63) is 0 Å². The highest BCUT2D eigenvalue weighted by Crippen LogP contribution is 2.19. The van der Waals surface area contributed by atoms with Gasteiger partial charge in [0, 0.05) is 45.0 Å². The molecule has 0 aliphatic rings. The SMILES string of the molecule is CC(=O)N(C)CC(=O)NCCSSCCNC(=O)CCC(=O)O. The lowest BCUT2D eigenvalue weighted by Crippen LogP contribution is -2.38. The lowest BCUT2D eigenvalue weighted by molar-refractivity contribution is -0.138. The van der Waals surface area contributed by atoms with E-state index in [4.69, 9.17) is 5.11 Å². The van der Waals surface area contributed by atoms with Gasteiger partial charge in [0.1, 0.15) is 0 Å². The molecular formula is C13H23N3O5S2. The number of hydrogen-bond acceptors (Lipinski definition) is 6. The fraction of sp³-hybridized carbons (Fsp3) is 0.692. The standard InChI is InChI=1S/C13H23N3O5S2/c1-10(17)16(2)9-12(19)15-6-8-23-22-7-5-14-11(18)3-4-13(20)21/h3-9H2,1-2H3,(H,14,18)(H,15,19)(H,20,21). The highest BCUT2D eigenvalue weighted by atomic mass is 33.1. The third kappa shape index (κ3) is 13.9. The van der Waals surface area contributed by atoms with E-state index in [0.717, 1.165) is 0 Å². The monoisotopic (exact) mass is 365 g/mol. The van der Waals surface area contributed by atoms with Crippen LogP contribution in [0.1, 0.15) is 19.8 Å². The number of likely N-dealkylation sites (N-methyl/N-ethyl adjacent to an activating group) is 1. The van der Waals surface area contributed by atoms with Crippen molar-refractivity contribution < 1.29 is 24.3 Å². The molecule has 0 heterocycles. The van der Waals surface area contributed by atoms with Gasteiger partial charge in [-0.3, -0.25) is 19.2 Å². The van der Waals surface area contributed by atoms with Crippen LogP contribution >= 0.6 is 21.6 Å². The molecule has 0 unspecified atom stereocenters. The molecule has 0 spiro atoms. The molecule has 0 saturated carbocycles. The third-order valence-electron chi connectivity index (χ3n) is 2.58. The number of amides is 3. The Labute approximate surface area is 143 Å². The fourth-order valence-corrected chi connectivity index (χ4v) is 3.09. The smallest absolute Gasteiger partial charge is 0.303 e. The molecule has 0 atom stereocenters. The van der Waals surface area contributed by atoms with E-state index in [-0.39, 0.29) is 37.1 Å². The summed E-state index contributed by atoms with van der Waals surface area (Å²) in [5, 5.41) is 13.8. The molecule has 23 heavy (non-hydrogen) atoms. The zero-order valence-corrected chi connectivity index (χ0v) is 14.9. The first-order valence-corrected chi connectivity index (χ1v) is 9.53. The van der Waals surface area contributed by atoms with Gasteiger partial charge >= 0.3 is 5.97 Å². The molecule has 0 rings (SSSR count). The molecule has 0 radical (unpaired) electrons. The number of nitrogens with one attached hydrogen (secondary N) is 2. The van der Waals surface area contributed by atoms with Gasteiger partial charge in [-0.15, -0.1) is 0 Å². The molecule has 3 amide bonds. The highest BCUT2D eigenvalue weighted by molar-refractivity contribution is 8.76. The lowest BCUT2D eigenvalue weighted by atomic mass is 10.3. The van der Waals surface area contributed by atoms with E-state index >= 15 is 0 Å². The number of carboxylic acids is 1.